The van der Waals surface area contributed by atoms with Gasteiger partial charge in [0.1, 0.15) is 16.6 Å². The Bertz CT molecular complexity index is 1370. The van der Waals surface area contributed by atoms with Crippen molar-refractivity contribution < 1.29 is 19.0 Å². The first kappa shape index (κ1) is 23.5. The van der Waals surface area contributed by atoms with Crippen LogP contribution in [0, 0.1) is 11.7 Å². The van der Waals surface area contributed by atoms with Gasteiger partial charge in [0.15, 0.2) is 0 Å². The number of hydrogen-bond acceptors (Lipinski definition) is 4. The van der Waals surface area contributed by atoms with Gasteiger partial charge in [-0.2, -0.15) is 0 Å². The maximum atomic E-state index is 14.4. The Morgan fingerprint density at radius 1 is 1.06 bits per heavy atom. The van der Waals surface area contributed by atoms with Gasteiger partial charge in [0.2, 0.25) is 0 Å². The van der Waals surface area contributed by atoms with Gasteiger partial charge in [0, 0.05) is 11.1 Å². The number of carboxylic acid groups (broad SMARTS) is 1. The van der Waals surface area contributed by atoms with Gasteiger partial charge < -0.3 is 9.84 Å². The van der Waals surface area contributed by atoms with Crippen molar-refractivity contribution in [1.29, 1.82) is 0 Å². The molecule has 0 unspecified atom stereocenters. The molecule has 0 atom stereocenters. The van der Waals surface area contributed by atoms with E-state index in [0.29, 0.717) is 17.2 Å². The summed E-state index contributed by atoms with van der Waals surface area (Å²) < 4.78 is 20.8. The van der Waals surface area contributed by atoms with Crippen molar-refractivity contribution in [2.75, 3.05) is 7.11 Å². The lowest BCUT2D eigenvalue weighted by Crippen LogP contribution is -2.12. The van der Waals surface area contributed by atoms with E-state index in [1.54, 1.807) is 11.3 Å². The molecule has 1 aliphatic carbocycles. The number of fused-ring (bicyclic) bond motifs is 1. The normalized spacial score (nSPS) is 18.0. The van der Waals surface area contributed by atoms with Crippen LogP contribution in [0.15, 0.2) is 54.6 Å². The summed E-state index contributed by atoms with van der Waals surface area (Å²) in [5.41, 5.74) is 4.13. The number of rotatable bonds is 6. The predicted octanol–water partition coefficient (Wildman–Crippen LogP) is 8.16. The summed E-state index contributed by atoms with van der Waals surface area (Å²) in [7, 11) is 1.45. The number of nitrogens with zero attached hydrogens (tertiary/aromatic N) is 1. The average molecular weight is 490 g/mol. The highest BCUT2D eigenvalue weighted by molar-refractivity contribution is 7.21. The minimum Gasteiger partial charge on any atom is -0.496 e. The van der Waals surface area contributed by atoms with Crippen molar-refractivity contribution in [1.82, 2.24) is 4.98 Å². The van der Waals surface area contributed by atoms with Crippen LogP contribution in [0.1, 0.15) is 60.9 Å². The smallest absolute Gasteiger partial charge is 0.338 e. The van der Waals surface area contributed by atoms with Gasteiger partial charge in [-0.25, -0.2) is 14.2 Å². The van der Waals surface area contributed by atoms with Crippen molar-refractivity contribution >= 4 is 27.5 Å². The first-order valence-electron chi connectivity index (χ1n) is 12.1. The standard InChI is InChI=1S/C29H28FNO3S/c1-3-17-4-6-18(7-5-17)19-8-10-20(11-9-19)28-31-25-14-21(12-13-27(25)35-28)22-15-24(30)23(29(32)33)16-26(22)34-2/h8-18H,3-7H2,1-2H3,(H,32,33). The lowest BCUT2D eigenvalue weighted by atomic mass is 9.78. The second kappa shape index (κ2) is 9.78. The summed E-state index contributed by atoms with van der Waals surface area (Å²) >= 11 is 1.62. The number of hydrogen-bond donors (Lipinski definition) is 1. The highest BCUT2D eigenvalue weighted by Crippen LogP contribution is 2.39. The Morgan fingerprint density at radius 3 is 2.43 bits per heavy atom. The predicted molar refractivity (Wildman–Crippen MR) is 139 cm³/mol. The molecule has 0 amide bonds. The monoisotopic (exact) mass is 489 g/mol. The molecule has 180 valence electrons. The summed E-state index contributed by atoms with van der Waals surface area (Å²) in [6.07, 6.45) is 6.51. The van der Waals surface area contributed by atoms with E-state index in [-0.39, 0.29) is 0 Å². The first-order chi connectivity index (χ1) is 17.0. The molecular weight excluding hydrogens is 461 g/mol. The van der Waals surface area contributed by atoms with Crippen LogP contribution < -0.4 is 4.74 Å². The molecule has 1 aromatic heterocycles. The minimum absolute atomic E-state index is 0.308. The molecule has 0 bridgehead atoms. The van der Waals surface area contributed by atoms with E-state index in [0.717, 1.165) is 32.3 Å². The number of benzene rings is 3. The molecular formula is C29H28FNO3S. The SMILES string of the molecule is CCC1CCC(c2ccc(-c3nc4cc(-c5cc(F)c(C(=O)O)cc5OC)ccc4s3)cc2)CC1. The van der Waals surface area contributed by atoms with Gasteiger partial charge in [-0.1, -0.05) is 43.7 Å². The van der Waals surface area contributed by atoms with Crippen LogP contribution in [0.3, 0.4) is 0 Å². The van der Waals surface area contributed by atoms with E-state index >= 15 is 0 Å². The fraction of sp³-hybridized carbons (Fsp3) is 0.310. The van der Waals surface area contributed by atoms with Crippen molar-refractivity contribution in [3.63, 3.8) is 0 Å². The summed E-state index contributed by atoms with van der Waals surface area (Å²) in [5, 5.41) is 10.1. The fourth-order valence-corrected chi connectivity index (χ4v) is 6.08. The second-order valence-corrected chi connectivity index (χ2v) is 10.3. The van der Waals surface area contributed by atoms with Crippen molar-refractivity contribution in [3.05, 3.63) is 71.5 Å². The molecule has 6 heteroatoms. The molecule has 1 N–H and O–H groups in total. The van der Waals surface area contributed by atoms with Gasteiger partial charge in [-0.15, -0.1) is 11.3 Å². The highest BCUT2D eigenvalue weighted by Gasteiger charge is 2.21. The van der Waals surface area contributed by atoms with Crippen LogP contribution in [0.4, 0.5) is 4.39 Å². The van der Waals surface area contributed by atoms with E-state index in [9.17, 15) is 14.3 Å². The van der Waals surface area contributed by atoms with Gasteiger partial charge in [-0.05, 0) is 72.9 Å². The summed E-state index contributed by atoms with van der Waals surface area (Å²) in [5.74, 6) is -0.262. The van der Waals surface area contributed by atoms with Crippen LogP contribution >= 0.6 is 11.3 Å². The Morgan fingerprint density at radius 2 is 1.77 bits per heavy atom. The van der Waals surface area contributed by atoms with Gasteiger partial charge in [0.25, 0.3) is 0 Å². The zero-order valence-corrected chi connectivity index (χ0v) is 20.7. The third-order valence-corrected chi connectivity index (χ3v) is 8.36. The number of carbonyl (C=O) groups is 1. The Hall–Kier alpha value is -3.25. The number of thiazole rings is 1. The average Bonchev–Trinajstić information content (AvgIpc) is 3.32. The van der Waals surface area contributed by atoms with E-state index in [1.165, 1.54) is 56.9 Å². The lowest BCUT2D eigenvalue weighted by Gasteiger charge is -2.28. The zero-order chi connectivity index (χ0) is 24.5. The van der Waals surface area contributed by atoms with Crippen LogP contribution in [0.25, 0.3) is 31.9 Å². The third-order valence-electron chi connectivity index (χ3n) is 7.27. The molecule has 0 saturated heterocycles. The van der Waals surface area contributed by atoms with E-state index < -0.39 is 17.3 Å². The number of aromatic carboxylic acids is 1. The van der Waals surface area contributed by atoms with Crippen molar-refractivity contribution in [3.8, 4) is 27.4 Å². The fourth-order valence-electron chi connectivity index (χ4n) is 5.13. The van der Waals surface area contributed by atoms with Crippen LogP contribution in [0.2, 0.25) is 0 Å². The van der Waals surface area contributed by atoms with E-state index in [1.807, 2.05) is 18.2 Å². The summed E-state index contributed by atoms with van der Waals surface area (Å²) in [4.78, 5) is 16.1. The first-order valence-corrected chi connectivity index (χ1v) is 12.9. The van der Waals surface area contributed by atoms with Gasteiger partial charge in [0.05, 0.1) is 22.9 Å². The van der Waals surface area contributed by atoms with Gasteiger partial charge >= 0.3 is 5.97 Å². The van der Waals surface area contributed by atoms with Crippen LogP contribution in [0.5, 0.6) is 5.75 Å². The molecule has 1 aliphatic rings. The number of methoxy groups -OCH3 is 1. The number of aromatic nitrogens is 1. The van der Waals surface area contributed by atoms with E-state index in [4.69, 9.17) is 9.72 Å². The molecule has 0 aliphatic heterocycles. The topological polar surface area (TPSA) is 59.4 Å². The molecule has 4 nitrogen and oxygen atoms in total. The molecule has 1 heterocycles. The summed E-state index contributed by atoms with van der Waals surface area (Å²) in [6.45, 7) is 2.30. The molecule has 1 fully saturated rings. The van der Waals surface area contributed by atoms with Gasteiger partial charge in [-0.3, -0.25) is 0 Å². The van der Waals surface area contributed by atoms with E-state index in [2.05, 4.69) is 31.2 Å². The quantitative estimate of drug-likeness (QED) is 0.297. The highest BCUT2D eigenvalue weighted by atomic mass is 32.1. The number of carboxylic acids is 1. The maximum Gasteiger partial charge on any atom is 0.338 e. The van der Waals surface area contributed by atoms with Crippen molar-refractivity contribution in [2.45, 2.75) is 44.9 Å². The lowest BCUT2D eigenvalue weighted by molar-refractivity contribution is 0.0691. The Kier molecular flexibility index (Phi) is 6.56. The molecule has 35 heavy (non-hydrogen) atoms. The third kappa shape index (κ3) is 4.67. The molecule has 0 spiro atoms. The minimum atomic E-state index is -1.33. The number of ether oxygens (including phenoxy) is 1. The molecule has 3 aromatic carbocycles. The molecule has 5 rings (SSSR count). The maximum absolute atomic E-state index is 14.4. The molecule has 4 aromatic rings. The second-order valence-electron chi connectivity index (χ2n) is 9.29. The van der Waals surface area contributed by atoms with Crippen LogP contribution in [-0.4, -0.2) is 23.2 Å². The molecule has 1 saturated carbocycles. The summed E-state index contributed by atoms with van der Waals surface area (Å²) in [6, 6.07) is 17.0. The zero-order valence-electron chi connectivity index (χ0n) is 19.9. The Balaban J connectivity index is 1.42. The number of halogens is 1. The molecule has 0 radical (unpaired) electrons. The Labute approximate surface area is 208 Å². The van der Waals surface area contributed by atoms with Crippen LogP contribution in [-0.2, 0) is 0 Å². The largest absolute Gasteiger partial charge is 0.496 e. The van der Waals surface area contributed by atoms with Crippen molar-refractivity contribution in [2.24, 2.45) is 5.92 Å².